The molecular weight excluding hydrogens is 244 g/mol. The maximum Gasteiger partial charge on any atom is 0.119 e. The van der Waals surface area contributed by atoms with Crippen molar-refractivity contribution in [2.45, 2.75) is 26.4 Å². The van der Waals surface area contributed by atoms with Crippen LogP contribution in [0.1, 0.15) is 18.9 Å². The Morgan fingerprint density at radius 2 is 2.00 bits per heavy atom. The Kier molecular flexibility index (Phi) is 4.33. The van der Waals surface area contributed by atoms with Crippen molar-refractivity contribution in [1.82, 2.24) is 4.98 Å². The molecule has 0 atom stereocenters. The van der Waals surface area contributed by atoms with Crippen molar-refractivity contribution in [2.75, 3.05) is 6.54 Å². The van der Waals surface area contributed by atoms with Crippen LogP contribution < -0.4 is 10.5 Å². The van der Waals surface area contributed by atoms with Gasteiger partial charge < -0.3 is 10.5 Å². The molecule has 18 heavy (non-hydrogen) atoms. The summed E-state index contributed by atoms with van der Waals surface area (Å²) in [6.45, 7) is 4.69. The molecule has 2 aromatic rings. The van der Waals surface area contributed by atoms with Crippen molar-refractivity contribution in [1.29, 1.82) is 0 Å². The molecule has 0 radical (unpaired) electrons. The van der Waals surface area contributed by atoms with E-state index in [1.54, 1.807) is 11.3 Å². The van der Waals surface area contributed by atoms with Gasteiger partial charge in [-0.2, -0.15) is 0 Å². The van der Waals surface area contributed by atoms with Crippen molar-refractivity contribution < 1.29 is 4.74 Å². The van der Waals surface area contributed by atoms with E-state index < -0.39 is 0 Å². The van der Waals surface area contributed by atoms with Crippen LogP contribution in [0.4, 0.5) is 0 Å². The summed E-state index contributed by atoms with van der Waals surface area (Å²) in [5.74, 6) is 0.895. The number of aromatic nitrogens is 1. The predicted molar refractivity (Wildman–Crippen MR) is 76.1 cm³/mol. The van der Waals surface area contributed by atoms with Crippen LogP contribution in [0.15, 0.2) is 29.6 Å². The zero-order valence-corrected chi connectivity index (χ0v) is 11.5. The minimum atomic E-state index is 0.200. The summed E-state index contributed by atoms with van der Waals surface area (Å²) in [4.78, 5) is 4.56. The highest BCUT2D eigenvalue weighted by Crippen LogP contribution is 2.24. The Labute approximate surface area is 112 Å². The van der Waals surface area contributed by atoms with Gasteiger partial charge in [0.1, 0.15) is 5.75 Å². The Morgan fingerprint density at radius 3 is 2.61 bits per heavy atom. The van der Waals surface area contributed by atoms with E-state index in [2.05, 4.69) is 10.4 Å². The van der Waals surface area contributed by atoms with Gasteiger partial charge in [0.25, 0.3) is 0 Å². The van der Waals surface area contributed by atoms with Crippen LogP contribution >= 0.6 is 11.3 Å². The van der Waals surface area contributed by atoms with E-state index >= 15 is 0 Å². The monoisotopic (exact) mass is 262 g/mol. The first-order chi connectivity index (χ1) is 8.69. The fraction of sp³-hybridized carbons (Fsp3) is 0.357. The Hall–Kier alpha value is -1.39. The van der Waals surface area contributed by atoms with Gasteiger partial charge >= 0.3 is 0 Å². The highest BCUT2D eigenvalue weighted by molar-refractivity contribution is 7.09. The van der Waals surface area contributed by atoms with Crippen LogP contribution in [0, 0.1) is 0 Å². The highest BCUT2D eigenvalue weighted by atomic mass is 32.1. The van der Waals surface area contributed by atoms with Crippen molar-refractivity contribution >= 4 is 11.3 Å². The molecule has 0 aliphatic carbocycles. The van der Waals surface area contributed by atoms with Gasteiger partial charge in [-0.05, 0) is 44.7 Å². The quantitative estimate of drug-likeness (QED) is 0.900. The number of benzene rings is 1. The SMILES string of the molecule is CC(C)Oc1ccc(-c2csc(CCN)n2)cc1. The Balaban J connectivity index is 2.12. The first-order valence-electron chi connectivity index (χ1n) is 6.10. The lowest BCUT2D eigenvalue weighted by Gasteiger charge is -2.09. The van der Waals surface area contributed by atoms with E-state index in [0.29, 0.717) is 6.54 Å². The van der Waals surface area contributed by atoms with E-state index in [4.69, 9.17) is 10.5 Å². The summed E-state index contributed by atoms with van der Waals surface area (Å²) >= 11 is 1.66. The van der Waals surface area contributed by atoms with E-state index in [0.717, 1.165) is 28.4 Å². The second-order valence-corrected chi connectivity index (χ2v) is 5.30. The minimum Gasteiger partial charge on any atom is -0.491 e. The van der Waals surface area contributed by atoms with Gasteiger partial charge in [-0.3, -0.25) is 0 Å². The van der Waals surface area contributed by atoms with Crippen LogP contribution in [-0.2, 0) is 6.42 Å². The van der Waals surface area contributed by atoms with Crippen LogP contribution in [0.5, 0.6) is 5.75 Å². The second kappa shape index (κ2) is 5.98. The fourth-order valence-electron chi connectivity index (χ4n) is 1.66. The van der Waals surface area contributed by atoms with E-state index in [9.17, 15) is 0 Å². The topological polar surface area (TPSA) is 48.1 Å². The fourth-order valence-corrected chi connectivity index (χ4v) is 2.48. The molecule has 0 spiro atoms. The average molecular weight is 262 g/mol. The van der Waals surface area contributed by atoms with Gasteiger partial charge in [-0.25, -0.2) is 4.98 Å². The zero-order valence-electron chi connectivity index (χ0n) is 10.7. The molecule has 2 rings (SSSR count). The predicted octanol–water partition coefficient (Wildman–Crippen LogP) is 3.10. The standard InChI is InChI=1S/C14H18N2OS/c1-10(2)17-12-5-3-11(4-6-12)13-9-18-14(16-13)7-8-15/h3-6,9-10H,7-8,15H2,1-2H3. The molecule has 0 saturated heterocycles. The molecule has 1 aromatic carbocycles. The molecule has 0 aliphatic rings. The van der Waals surface area contributed by atoms with Crippen molar-refractivity contribution in [3.05, 3.63) is 34.7 Å². The van der Waals surface area contributed by atoms with E-state index in [1.165, 1.54) is 0 Å². The van der Waals surface area contributed by atoms with Crippen LogP contribution in [0.25, 0.3) is 11.3 Å². The van der Waals surface area contributed by atoms with Gasteiger partial charge in [0.15, 0.2) is 0 Å². The first kappa shape index (κ1) is 13.1. The summed E-state index contributed by atoms with van der Waals surface area (Å²) in [5.41, 5.74) is 7.65. The Bertz CT molecular complexity index is 491. The molecule has 4 heteroatoms. The van der Waals surface area contributed by atoms with Crippen molar-refractivity contribution in [3.63, 3.8) is 0 Å². The number of nitrogens with two attached hydrogens (primary N) is 1. The van der Waals surface area contributed by atoms with Gasteiger partial charge in [-0.15, -0.1) is 11.3 Å². The van der Waals surface area contributed by atoms with Crippen LogP contribution in [-0.4, -0.2) is 17.6 Å². The molecule has 2 N–H and O–H groups in total. The first-order valence-corrected chi connectivity index (χ1v) is 6.98. The minimum absolute atomic E-state index is 0.200. The molecular formula is C14H18N2OS. The number of hydrogen-bond acceptors (Lipinski definition) is 4. The van der Waals surface area contributed by atoms with Crippen LogP contribution in [0.2, 0.25) is 0 Å². The second-order valence-electron chi connectivity index (χ2n) is 4.36. The lowest BCUT2D eigenvalue weighted by atomic mass is 10.2. The highest BCUT2D eigenvalue weighted by Gasteiger charge is 2.05. The number of ether oxygens (including phenoxy) is 1. The number of nitrogens with zero attached hydrogens (tertiary/aromatic N) is 1. The molecule has 0 bridgehead atoms. The van der Waals surface area contributed by atoms with Crippen LogP contribution in [0.3, 0.4) is 0 Å². The maximum absolute atomic E-state index is 5.61. The molecule has 0 amide bonds. The van der Waals surface area contributed by atoms with Gasteiger partial charge in [-0.1, -0.05) is 0 Å². The zero-order chi connectivity index (χ0) is 13.0. The van der Waals surface area contributed by atoms with E-state index in [-0.39, 0.29) is 6.10 Å². The Morgan fingerprint density at radius 1 is 1.28 bits per heavy atom. The summed E-state index contributed by atoms with van der Waals surface area (Å²) < 4.78 is 5.61. The largest absolute Gasteiger partial charge is 0.491 e. The van der Waals surface area contributed by atoms with Gasteiger partial charge in [0.05, 0.1) is 16.8 Å². The molecule has 96 valence electrons. The molecule has 0 aliphatic heterocycles. The maximum atomic E-state index is 5.61. The molecule has 0 saturated carbocycles. The molecule has 3 nitrogen and oxygen atoms in total. The third kappa shape index (κ3) is 3.31. The number of hydrogen-bond donors (Lipinski definition) is 1. The lowest BCUT2D eigenvalue weighted by molar-refractivity contribution is 0.242. The number of rotatable bonds is 5. The molecule has 0 fully saturated rings. The summed E-state index contributed by atoms with van der Waals surface area (Å²) in [6, 6.07) is 8.05. The average Bonchev–Trinajstić information content (AvgIpc) is 2.78. The van der Waals surface area contributed by atoms with Crippen molar-refractivity contribution in [3.8, 4) is 17.0 Å². The van der Waals surface area contributed by atoms with E-state index in [1.807, 2.05) is 38.1 Å². The summed E-state index contributed by atoms with van der Waals surface area (Å²) in [7, 11) is 0. The molecule has 1 aromatic heterocycles. The normalized spacial score (nSPS) is 10.9. The third-order valence-electron chi connectivity index (χ3n) is 2.43. The third-order valence-corrected chi connectivity index (χ3v) is 3.34. The van der Waals surface area contributed by atoms with Gasteiger partial charge in [0.2, 0.25) is 0 Å². The summed E-state index contributed by atoms with van der Waals surface area (Å²) in [5, 5.41) is 3.17. The van der Waals surface area contributed by atoms with Crippen molar-refractivity contribution in [2.24, 2.45) is 5.73 Å². The number of thiazole rings is 1. The summed E-state index contributed by atoms with van der Waals surface area (Å²) in [6.07, 6.45) is 1.05. The molecule has 0 unspecified atom stereocenters. The lowest BCUT2D eigenvalue weighted by Crippen LogP contribution is -2.05. The molecule has 1 heterocycles. The smallest absolute Gasteiger partial charge is 0.119 e. The van der Waals surface area contributed by atoms with Gasteiger partial charge in [0, 0.05) is 17.4 Å².